The highest BCUT2D eigenvalue weighted by Gasteiger charge is 2.09. The van der Waals surface area contributed by atoms with Gasteiger partial charge in [0.2, 0.25) is 0 Å². The van der Waals surface area contributed by atoms with Crippen molar-refractivity contribution in [3.8, 4) is 6.07 Å². The Morgan fingerprint density at radius 2 is 2.40 bits per heavy atom. The third kappa shape index (κ3) is 1.10. The van der Waals surface area contributed by atoms with Gasteiger partial charge in [0.05, 0.1) is 0 Å². The summed E-state index contributed by atoms with van der Waals surface area (Å²) in [6, 6.07) is 2.65. The van der Waals surface area contributed by atoms with Gasteiger partial charge < -0.3 is 0 Å². The van der Waals surface area contributed by atoms with Crippen LogP contribution in [0.1, 0.15) is 17.8 Å². The lowest BCUT2D eigenvalue weighted by molar-refractivity contribution is 0.146. The minimum Gasteiger partial charge on any atom is -0.275 e. The van der Waals surface area contributed by atoms with Crippen molar-refractivity contribution in [1.29, 1.82) is 5.26 Å². The van der Waals surface area contributed by atoms with Crippen molar-refractivity contribution in [2.45, 2.75) is 6.43 Å². The van der Waals surface area contributed by atoms with Gasteiger partial charge in [0.1, 0.15) is 11.8 Å². The zero-order valence-corrected chi connectivity index (χ0v) is 4.81. The first kappa shape index (κ1) is 6.68. The van der Waals surface area contributed by atoms with Crippen molar-refractivity contribution in [3.05, 3.63) is 17.5 Å². The number of hydrogen-bond donors (Lipinski definition) is 1. The SMILES string of the molecule is N#Cc1cc(C(F)F)[nH]n1. The van der Waals surface area contributed by atoms with Crippen molar-refractivity contribution in [2.24, 2.45) is 0 Å². The minimum atomic E-state index is -2.59. The van der Waals surface area contributed by atoms with Gasteiger partial charge in [-0.2, -0.15) is 10.4 Å². The first-order valence-corrected chi connectivity index (χ1v) is 2.47. The molecule has 0 saturated carbocycles. The Hall–Kier alpha value is -1.44. The van der Waals surface area contributed by atoms with Crippen molar-refractivity contribution >= 4 is 0 Å². The van der Waals surface area contributed by atoms with E-state index in [1.807, 2.05) is 5.10 Å². The third-order valence-corrected chi connectivity index (χ3v) is 0.947. The fourth-order valence-corrected chi connectivity index (χ4v) is 0.506. The number of rotatable bonds is 1. The molecule has 1 rings (SSSR count). The molecule has 0 bridgehead atoms. The number of aromatic amines is 1. The molecule has 1 N–H and O–H groups in total. The second-order valence-corrected chi connectivity index (χ2v) is 1.62. The van der Waals surface area contributed by atoms with Crippen LogP contribution in [-0.4, -0.2) is 10.2 Å². The van der Waals surface area contributed by atoms with Crippen LogP contribution in [0.5, 0.6) is 0 Å². The number of nitrogens with one attached hydrogen (secondary N) is 1. The summed E-state index contributed by atoms with van der Waals surface area (Å²) in [5, 5.41) is 13.5. The fraction of sp³-hybridized carbons (Fsp3) is 0.200. The Morgan fingerprint density at radius 3 is 2.70 bits per heavy atom. The van der Waals surface area contributed by atoms with Gasteiger partial charge in [-0.25, -0.2) is 8.78 Å². The average molecular weight is 143 g/mol. The Morgan fingerprint density at radius 1 is 1.70 bits per heavy atom. The number of aromatic nitrogens is 2. The lowest BCUT2D eigenvalue weighted by atomic mass is 10.4. The van der Waals surface area contributed by atoms with Crippen LogP contribution in [-0.2, 0) is 0 Å². The molecule has 0 spiro atoms. The molecular formula is C5H3F2N3. The Labute approximate surface area is 55.3 Å². The van der Waals surface area contributed by atoms with E-state index in [0.717, 1.165) is 6.07 Å². The van der Waals surface area contributed by atoms with Crippen LogP contribution in [0.15, 0.2) is 6.07 Å². The summed E-state index contributed by atoms with van der Waals surface area (Å²) in [7, 11) is 0. The van der Waals surface area contributed by atoms with Crippen LogP contribution < -0.4 is 0 Å². The molecule has 0 atom stereocenters. The molecule has 0 radical (unpaired) electrons. The molecule has 10 heavy (non-hydrogen) atoms. The summed E-state index contributed by atoms with van der Waals surface area (Å²) in [6.07, 6.45) is -2.59. The first-order chi connectivity index (χ1) is 4.74. The molecule has 0 saturated heterocycles. The van der Waals surface area contributed by atoms with Gasteiger partial charge >= 0.3 is 0 Å². The average Bonchev–Trinajstić information content (AvgIpc) is 2.34. The van der Waals surface area contributed by atoms with Crippen molar-refractivity contribution in [3.63, 3.8) is 0 Å². The second-order valence-electron chi connectivity index (χ2n) is 1.62. The first-order valence-electron chi connectivity index (χ1n) is 2.47. The van der Waals surface area contributed by atoms with Crippen LogP contribution in [0.3, 0.4) is 0 Å². The minimum absolute atomic E-state index is 0.0182. The number of H-pyrrole nitrogens is 1. The maximum atomic E-state index is 11.7. The van der Waals surface area contributed by atoms with E-state index >= 15 is 0 Å². The highest BCUT2D eigenvalue weighted by Crippen LogP contribution is 2.15. The lowest BCUT2D eigenvalue weighted by Crippen LogP contribution is -1.81. The monoisotopic (exact) mass is 143 g/mol. The Balaban J connectivity index is 2.91. The van der Waals surface area contributed by atoms with Gasteiger partial charge in [0, 0.05) is 6.07 Å². The van der Waals surface area contributed by atoms with E-state index in [2.05, 4.69) is 5.10 Å². The summed E-state index contributed by atoms with van der Waals surface area (Å²) in [5.74, 6) is 0. The zero-order chi connectivity index (χ0) is 7.56. The molecule has 1 aromatic rings. The van der Waals surface area contributed by atoms with Crippen LogP contribution in [0, 0.1) is 11.3 Å². The molecule has 1 aromatic heterocycles. The molecule has 0 fully saturated rings. The van der Waals surface area contributed by atoms with Gasteiger partial charge in [-0.3, -0.25) is 5.10 Å². The zero-order valence-electron chi connectivity index (χ0n) is 4.81. The molecule has 3 nitrogen and oxygen atoms in total. The molecule has 0 amide bonds. The highest BCUT2D eigenvalue weighted by atomic mass is 19.3. The smallest absolute Gasteiger partial charge is 0.275 e. The topological polar surface area (TPSA) is 52.5 Å². The van der Waals surface area contributed by atoms with E-state index < -0.39 is 6.43 Å². The number of hydrogen-bond acceptors (Lipinski definition) is 2. The van der Waals surface area contributed by atoms with Crippen molar-refractivity contribution < 1.29 is 8.78 Å². The summed E-state index contributed by atoms with van der Waals surface area (Å²) in [6.45, 7) is 0. The maximum Gasteiger partial charge on any atom is 0.279 e. The quantitative estimate of drug-likeness (QED) is 0.642. The van der Waals surface area contributed by atoms with Crippen molar-refractivity contribution in [1.82, 2.24) is 10.2 Å². The van der Waals surface area contributed by atoms with Crippen LogP contribution in [0.4, 0.5) is 8.78 Å². The predicted molar refractivity (Wildman–Crippen MR) is 28.3 cm³/mol. The molecular weight excluding hydrogens is 140 g/mol. The van der Waals surface area contributed by atoms with E-state index in [1.165, 1.54) is 0 Å². The standard InChI is InChI=1S/C5H3F2N3/c6-5(7)4-1-3(2-8)9-10-4/h1,5H,(H,9,10). The summed E-state index contributed by atoms with van der Waals surface area (Å²) < 4.78 is 23.5. The molecule has 52 valence electrons. The van der Waals surface area contributed by atoms with E-state index in [1.54, 1.807) is 6.07 Å². The van der Waals surface area contributed by atoms with Crippen LogP contribution in [0.25, 0.3) is 0 Å². The summed E-state index contributed by atoms with van der Waals surface area (Å²) >= 11 is 0. The van der Waals surface area contributed by atoms with Crippen LogP contribution >= 0.6 is 0 Å². The highest BCUT2D eigenvalue weighted by molar-refractivity contribution is 5.21. The number of halogens is 2. The molecule has 0 aliphatic rings. The van der Waals surface area contributed by atoms with Gasteiger partial charge in [-0.1, -0.05) is 0 Å². The van der Waals surface area contributed by atoms with Crippen molar-refractivity contribution in [2.75, 3.05) is 0 Å². The number of nitrogens with zero attached hydrogens (tertiary/aromatic N) is 2. The van der Waals surface area contributed by atoms with Gasteiger partial charge in [0.15, 0.2) is 5.69 Å². The van der Waals surface area contributed by atoms with Crippen LogP contribution in [0.2, 0.25) is 0 Å². The molecule has 0 aliphatic heterocycles. The summed E-state index contributed by atoms with van der Waals surface area (Å²) in [5.41, 5.74) is -0.341. The largest absolute Gasteiger partial charge is 0.279 e. The van der Waals surface area contributed by atoms with E-state index in [9.17, 15) is 8.78 Å². The molecule has 5 heteroatoms. The van der Waals surface area contributed by atoms with E-state index in [0.29, 0.717) is 0 Å². The lowest BCUT2D eigenvalue weighted by Gasteiger charge is -1.87. The molecule has 0 unspecified atom stereocenters. The molecule has 0 aromatic carbocycles. The summed E-state index contributed by atoms with van der Waals surface area (Å²) in [4.78, 5) is 0. The Kier molecular flexibility index (Phi) is 1.63. The third-order valence-electron chi connectivity index (χ3n) is 0.947. The molecule has 0 aliphatic carbocycles. The van der Waals surface area contributed by atoms with E-state index in [4.69, 9.17) is 5.26 Å². The van der Waals surface area contributed by atoms with Gasteiger partial charge in [-0.05, 0) is 0 Å². The normalized spacial score (nSPS) is 9.80. The fourth-order valence-electron chi connectivity index (χ4n) is 0.506. The predicted octanol–water partition coefficient (Wildman–Crippen LogP) is 1.22. The second kappa shape index (κ2) is 2.43. The van der Waals surface area contributed by atoms with E-state index in [-0.39, 0.29) is 11.4 Å². The van der Waals surface area contributed by atoms with Gasteiger partial charge in [-0.15, -0.1) is 0 Å². The number of nitriles is 1. The Bertz CT molecular complexity index is 260. The molecule has 1 heterocycles. The maximum absolute atomic E-state index is 11.7. The van der Waals surface area contributed by atoms with Gasteiger partial charge in [0.25, 0.3) is 6.43 Å². The number of alkyl halides is 2.